The van der Waals surface area contributed by atoms with Gasteiger partial charge in [0.25, 0.3) is 5.91 Å². The van der Waals surface area contributed by atoms with Crippen molar-refractivity contribution in [3.8, 4) is 5.88 Å². The second kappa shape index (κ2) is 10.2. The standard InChI is InChI=1S/C25H31FN6O2/c1-14(2)13-34-25-17-8-7-16(11-15(17)9-10-29-25)30-23-18(22(28)33)12-19(26)24(32-23)31-21-6-4-3-5-20(21)27/h7-12,14,20-21H,3-6,13,27H2,1-2H3,(H2,28,33)(H2,30,31,32)/t20-,21+/m0/s1. The van der Waals surface area contributed by atoms with Crippen LogP contribution in [0, 0.1) is 11.7 Å². The summed E-state index contributed by atoms with van der Waals surface area (Å²) < 4.78 is 20.6. The lowest BCUT2D eigenvalue weighted by Gasteiger charge is -2.30. The number of ether oxygens (including phenoxy) is 1. The maximum Gasteiger partial charge on any atom is 0.252 e. The topological polar surface area (TPSA) is 128 Å². The van der Waals surface area contributed by atoms with Crippen LogP contribution in [0.15, 0.2) is 36.5 Å². The highest BCUT2D eigenvalue weighted by Gasteiger charge is 2.24. The van der Waals surface area contributed by atoms with Crippen molar-refractivity contribution in [3.63, 3.8) is 0 Å². The number of benzene rings is 1. The van der Waals surface area contributed by atoms with Gasteiger partial charge in [-0.25, -0.2) is 14.4 Å². The molecule has 2 heterocycles. The first-order chi connectivity index (χ1) is 16.3. The van der Waals surface area contributed by atoms with Gasteiger partial charge in [-0.1, -0.05) is 26.7 Å². The molecule has 6 N–H and O–H groups in total. The van der Waals surface area contributed by atoms with Crippen LogP contribution < -0.4 is 26.8 Å². The van der Waals surface area contributed by atoms with Crippen LogP contribution >= 0.6 is 0 Å². The Morgan fingerprint density at radius 3 is 2.74 bits per heavy atom. The van der Waals surface area contributed by atoms with E-state index >= 15 is 0 Å². The molecule has 1 fully saturated rings. The van der Waals surface area contributed by atoms with Gasteiger partial charge in [-0.2, -0.15) is 0 Å². The molecule has 2 aromatic heterocycles. The molecule has 1 saturated carbocycles. The normalized spacial score (nSPS) is 18.1. The number of anilines is 3. The number of nitrogens with zero attached hydrogens (tertiary/aromatic N) is 2. The van der Waals surface area contributed by atoms with Gasteiger partial charge in [0.1, 0.15) is 5.82 Å². The van der Waals surface area contributed by atoms with Crippen molar-refractivity contribution < 1.29 is 13.9 Å². The smallest absolute Gasteiger partial charge is 0.252 e. The molecule has 8 nitrogen and oxygen atoms in total. The molecule has 3 aromatic rings. The second-order valence-corrected chi connectivity index (χ2v) is 9.16. The van der Waals surface area contributed by atoms with Crippen molar-refractivity contribution in [2.75, 3.05) is 17.2 Å². The number of carbonyl (C=O) groups excluding carboxylic acids is 1. The Morgan fingerprint density at radius 1 is 1.21 bits per heavy atom. The summed E-state index contributed by atoms with van der Waals surface area (Å²) in [5.41, 5.74) is 12.3. The van der Waals surface area contributed by atoms with Crippen molar-refractivity contribution in [2.24, 2.45) is 17.4 Å². The van der Waals surface area contributed by atoms with E-state index in [1.165, 1.54) is 0 Å². The van der Waals surface area contributed by atoms with E-state index in [-0.39, 0.29) is 29.3 Å². The fraction of sp³-hybridized carbons (Fsp3) is 0.400. The minimum Gasteiger partial charge on any atom is -0.477 e. The Hall–Kier alpha value is -3.46. The summed E-state index contributed by atoms with van der Waals surface area (Å²) in [7, 11) is 0. The van der Waals surface area contributed by atoms with Crippen LogP contribution in [0.2, 0.25) is 0 Å². The molecular formula is C25H31FN6O2. The maximum atomic E-state index is 14.8. The van der Waals surface area contributed by atoms with Gasteiger partial charge in [0.05, 0.1) is 12.2 Å². The van der Waals surface area contributed by atoms with Crippen LogP contribution in [0.3, 0.4) is 0 Å². The number of pyridine rings is 2. The number of nitrogens with two attached hydrogens (primary N) is 2. The minimum atomic E-state index is -0.774. The van der Waals surface area contributed by atoms with E-state index in [9.17, 15) is 9.18 Å². The van der Waals surface area contributed by atoms with Gasteiger partial charge < -0.3 is 26.8 Å². The van der Waals surface area contributed by atoms with E-state index in [1.807, 2.05) is 24.3 Å². The molecule has 0 bridgehead atoms. The number of carbonyl (C=O) groups is 1. The average Bonchev–Trinajstić information content (AvgIpc) is 2.80. The van der Waals surface area contributed by atoms with E-state index in [1.54, 1.807) is 6.20 Å². The molecule has 180 valence electrons. The van der Waals surface area contributed by atoms with Crippen LogP contribution in [-0.4, -0.2) is 34.6 Å². The summed E-state index contributed by atoms with van der Waals surface area (Å²) in [4.78, 5) is 20.7. The Labute approximate surface area is 198 Å². The van der Waals surface area contributed by atoms with E-state index < -0.39 is 11.7 Å². The summed E-state index contributed by atoms with van der Waals surface area (Å²) in [5.74, 6) is -0.265. The molecule has 0 aliphatic heterocycles. The number of fused-ring (bicyclic) bond motifs is 1. The molecule has 1 aromatic carbocycles. The Kier molecular flexibility index (Phi) is 7.12. The number of hydrogen-bond donors (Lipinski definition) is 4. The maximum absolute atomic E-state index is 14.8. The van der Waals surface area contributed by atoms with Gasteiger partial charge in [-0.05, 0) is 54.5 Å². The highest BCUT2D eigenvalue weighted by Crippen LogP contribution is 2.30. The molecule has 34 heavy (non-hydrogen) atoms. The summed E-state index contributed by atoms with van der Waals surface area (Å²) in [6, 6.07) is 8.41. The third-order valence-electron chi connectivity index (χ3n) is 5.93. The first-order valence-corrected chi connectivity index (χ1v) is 11.6. The van der Waals surface area contributed by atoms with Crippen LogP contribution in [0.25, 0.3) is 10.8 Å². The van der Waals surface area contributed by atoms with Crippen molar-refractivity contribution in [3.05, 3.63) is 47.9 Å². The Bertz CT molecular complexity index is 1190. The Morgan fingerprint density at radius 2 is 2.00 bits per heavy atom. The molecule has 1 amide bonds. The van der Waals surface area contributed by atoms with Crippen molar-refractivity contribution in [1.82, 2.24) is 9.97 Å². The number of aromatic nitrogens is 2. The summed E-state index contributed by atoms with van der Waals surface area (Å²) >= 11 is 0. The highest BCUT2D eigenvalue weighted by molar-refractivity contribution is 5.99. The summed E-state index contributed by atoms with van der Waals surface area (Å²) in [6.45, 7) is 4.71. The van der Waals surface area contributed by atoms with Gasteiger partial charge in [0, 0.05) is 29.4 Å². The predicted molar refractivity (Wildman–Crippen MR) is 132 cm³/mol. The van der Waals surface area contributed by atoms with Crippen molar-refractivity contribution in [2.45, 2.75) is 51.6 Å². The summed E-state index contributed by atoms with van der Waals surface area (Å²) in [5, 5.41) is 8.01. The number of hydrogen-bond acceptors (Lipinski definition) is 7. The quantitative estimate of drug-likeness (QED) is 0.389. The molecule has 9 heteroatoms. The van der Waals surface area contributed by atoms with Crippen LogP contribution in [-0.2, 0) is 0 Å². The zero-order chi connectivity index (χ0) is 24.2. The number of primary amides is 1. The fourth-order valence-corrected chi connectivity index (χ4v) is 4.11. The SMILES string of the molecule is CC(C)COc1nccc2cc(Nc3nc(N[C@@H]4CCCC[C@@H]4N)c(F)cc3C(N)=O)ccc12. The summed E-state index contributed by atoms with van der Waals surface area (Å²) in [6.07, 6.45) is 5.47. The molecule has 4 rings (SSSR count). The van der Waals surface area contributed by atoms with Gasteiger partial charge in [-0.3, -0.25) is 4.79 Å². The largest absolute Gasteiger partial charge is 0.477 e. The van der Waals surface area contributed by atoms with E-state index in [0.29, 0.717) is 24.1 Å². The van der Waals surface area contributed by atoms with E-state index in [4.69, 9.17) is 16.2 Å². The number of amides is 1. The molecule has 0 saturated heterocycles. The molecule has 0 radical (unpaired) electrons. The van der Waals surface area contributed by atoms with E-state index in [0.717, 1.165) is 42.5 Å². The van der Waals surface area contributed by atoms with Gasteiger partial charge >= 0.3 is 0 Å². The number of rotatable bonds is 8. The average molecular weight is 467 g/mol. The first kappa shape index (κ1) is 23.7. The molecule has 1 aliphatic rings. The predicted octanol–water partition coefficient (Wildman–Crippen LogP) is 4.33. The number of halogens is 1. The van der Waals surface area contributed by atoms with Gasteiger partial charge in [0.2, 0.25) is 5.88 Å². The van der Waals surface area contributed by atoms with Crippen LogP contribution in [0.1, 0.15) is 49.9 Å². The van der Waals surface area contributed by atoms with Crippen LogP contribution in [0.5, 0.6) is 5.88 Å². The zero-order valence-corrected chi connectivity index (χ0v) is 19.5. The third-order valence-corrected chi connectivity index (χ3v) is 5.93. The highest BCUT2D eigenvalue weighted by atomic mass is 19.1. The lowest BCUT2D eigenvalue weighted by atomic mass is 9.91. The molecular weight excluding hydrogens is 435 g/mol. The second-order valence-electron chi connectivity index (χ2n) is 9.16. The molecule has 1 aliphatic carbocycles. The van der Waals surface area contributed by atoms with Crippen molar-refractivity contribution in [1.29, 1.82) is 0 Å². The molecule has 0 spiro atoms. The fourth-order valence-electron chi connectivity index (χ4n) is 4.11. The van der Waals surface area contributed by atoms with Crippen LogP contribution in [0.4, 0.5) is 21.7 Å². The minimum absolute atomic E-state index is 0.0354. The van der Waals surface area contributed by atoms with Gasteiger partial charge in [-0.15, -0.1) is 0 Å². The Balaban J connectivity index is 1.63. The lowest BCUT2D eigenvalue weighted by Crippen LogP contribution is -2.43. The third kappa shape index (κ3) is 5.36. The van der Waals surface area contributed by atoms with Crippen molar-refractivity contribution >= 4 is 34.0 Å². The number of nitrogens with one attached hydrogen (secondary N) is 2. The zero-order valence-electron chi connectivity index (χ0n) is 19.5. The van der Waals surface area contributed by atoms with E-state index in [2.05, 4.69) is 34.4 Å². The molecule has 0 unspecified atom stereocenters. The van der Waals surface area contributed by atoms with Gasteiger partial charge in [0.15, 0.2) is 11.6 Å². The monoisotopic (exact) mass is 466 g/mol. The lowest BCUT2D eigenvalue weighted by molar-refractivity contribution is 0.100. The molecule has 2 atom stereocenters. The first-order valence-electron chi connectivity index (χ1n) is 11.6.